The summed E-state index contributed by atoms with van der Waals surface area (Å²) in [5, 5.41) is 0.931. The highest BCUT2D eigenvalue weighted by Gasteiger charge is 2.34. The fourth-order valence-corrected chi connectivity index (χ4v) is 4.31. The molecule has 0 bridgehead atoms. The summed E-state index contributed by atoms with van der Waals surface area (Å²) in [6, 6.07) is 9.76. The minimum absolute atomic E-state index is 0.0688. The normalized spacial score (nSPS) is 11.6. The number of aromatic amines is 1. The highest BCUT2D eigenvalue weighted by Crippen LogP contribution is 2.40. The Morgan fingerprint density at radius 2 is 1.90 bits per heavy atom. The highest BCUT2D eigenvalue weighted by atomic mass is 79.9. The molecule has 0 atom stereocenters. The minimum atomic E-state index is -0.791. The fourth-order valence-electron chi connectivity index (χ4n) is 3.11. The van der Waals surface area contributed by atoms with Crippen molar-refractivity contribution in [3.8, 4) is 11.3 Å². The summed E-state index contributed by atoms with van der Waals surface area (Å²) >= 11 is 16.0. The second-order valence-electron chi connectivity index (χ2n) is 6.88. The number of esters is 1. The maximum Gasteiger partial charge on any atom is 0.357 e. The average molecular weight is 500 g/mol. The number of nitrogens with one attached hydrogen (secondary N) is 1. The van der Waals surface area contributed by atoms with Crippen molar-refractivity contribution in [2.24, 2.45) is 0 Å². The fraction of sp³-hybridized carbons (Fsp3) is 0.238. The van der Waals surface area contributed by atoms with E-state index in [0.29, 0.717) is 25.9 Å². The van der Waals surface area contributed by atoms with Crippen LogP contribution in [0.15, 0.2) is 40.9 Å². The Morgan fingerprint density at radius 3 is 2.48 bits per heavy atom. The third kappa shape index (κ3) is 4.20. The molecule has 0 saturated heterocycles. The van der Waals surface area contributed by atoms with Gasteiger partial charge in [-0.3, -0.25) is 0 Å². The maximum atomic E-state index is 14.6. The number of carbonyl (C=O) groups excluding carboxylic acids is 1. The molecule has 0 radical (unpaired) electrons. The lowest BCUT2D eigenvalue weighted by atomic mass is 9.83. The molecule has 152 valence electrons. The van der Waals surface area contributed by atoms with Crippen molar-refractivity contribution in [3.63, 3.8) is 0 Å². The van der Waals surface area contributed by atoms with Gasteiger partial charge in [0.05, 0.1) is 12.0 Å². The van der Waals surface area contributed by atoms with Gasteiger partial charge in [0, 0.05) is 25.6 Å². The molecule has 8 heteroatoms. The van der Waals surface area contributed by atoms with E-state index >= 15 is 0 Å². The topological polar surface area (TPSA) is 55.0 Å². The van der Waals surface area contributed by atoms with Crippen LogP contribution in [0.2, 0.25) is 10.0 Å². The van der Waals surface area contributed by atoms with Gasteiger partial charge in [0.25, 0.3) is 0 Å². The van der Waals surface area contributed by atoms with E-state index in [0.717, 1.165) is 0 Å². The summed E-state index contributed by atoms with van der Waals surface area (Å²) in [7, 11) is 0. The van der Waals surface area contributed by atoms with Crippen LogP contribution in [-0.4, -0.2) is 22.5 Å². The molecule has 0 aliphatic heterocycles. The summed E-state index contributed by atoms with van der Waals surface area (Å²) < 4.78 is 20.4. The molecule has 3 aromatic rings. The van der Waals surface area contributed by atoms with Gasteiger partial charge in [-0.05, 0) is 51.1 Å². The number of hydrogen-bond donors (Lipinski definition) is 1. The minimum Gasteiger partial charge on any atom is -0.461 e. The van der Waals surface area contributed by atoms with Crippen LogP contribution in [0, 0.1) is 5.82 Å². The van der Waals surface area contributed by atoms with Crippen molar-refractivity contribution in [1.29, 1.82) is 0 Å². The number of halogens is 4. The number of hydrogen-bond acceptors (Lipinski definition) is 3. The van der Waals surface area contributed by atoms with Crippen LogP contribution in [0.25, 0.3) is 11.3 Å². The van der Waals surface area contributed by atoms with Crippen molar-refractivity contribution < 1.29 is 13.9 Å². The first-order valence-electron chi connectivity index (χ1n) is 8.84. The molecule has 1 N–H and O–H groups in total. The largest absolute Gasteiger partial charge is 0.461 e. The van der Waals surface area contributed by atoms with Crippen molar-refractivity contribution in [1.82, 2.24) is 9.97 Å². The molecule has 1 aromatic heterocycles. The van der Waals surface area contributed by atoms with E-state index in [1.165, 1.54) is 6.07 Å². The number of aromatic nitrogens is 2. The molecule has 0 aliphatic rings. The molecular formula is C21H18BrCl2FN2O2. The Balaban J connectivity index is 2.22. The van der Waals surface area contributed by atoms with Gasteiger partial charge in [0.2, 0.25) is 0 Å². The maximum absolute atomic E-state index is 14.6. The number of H-pyrrole nitrogens is 1. The van der Waals surface area contributed by atoms with Crippen molar-refractivity contribution in [3.05, 3.63) is 73.8 Å². The standard InChI is InChI=1S/C21H18BrCl2FN2O2/c1-4-29-19(28)18-17(12-9-8-11(22)10-15(12)25)26-20(27-18)21(2,3)16-13(23)6-5-7-14(16)24/h5-10H,4H2,1-3H3,(H,26,27). The molecule has 2 aromatic carbocycles. The van der Waals surface area contributed by atoms with E-state index in [4.69, 9.17) is 27.9 Å². The van der Waals surface area contributed by atoms with Gasteiger partial charge in [-0.1, -0.05) is 45.2 Å². The zero-order valence-electron chi connectivity index (χ0n) is 15.9. The first-order valence-corrected chi connectivity index (χ1v) is 10.4. The van der Waals surface area contributed by atoms with E-state index in [9.17, 15) is 9.18 Å². The molecule has 0 fully saturated rings. The molecular weight excluding hydrogens is 482 g/mol. The molecule has 0 aliphatic carbocycles. The van der Waals surface area contributed by atoms with Crippen LogP contribution >= 0.6 is 39.1 Å². The third-order valence-electron chi connectivity index (χ3n) is 4.55. The molecule has 0 unspecified atom stereocenters. The predicted molar refractivity (Wildman–Crippen MR) is 116 cm³/mol. The Kier molecular flexibility index (Phi) is 6.36. The smallest absolute Gasteiger partial charge is 0.357 e. The number of rotatable bonds is 5. The SMILES string of the molecule is CCOC(=O)c1[nH]c(C(C)(C)c2c(Cl)cccc2Cl)nc1-c1ccc(Br)cc1F. The molecule has 0 spiro atoms. The van der Waals surface area contributed by atoms with Gasteiger partial charge in [0.15, 0.2) is 5.69 Å². The lowest BCUT2D eigenvalue weighted by Gasteiger charge is -2.25. The summed E-state index contributed by atoms with van der Waals surface area (Å²) in [6.45, 7) is 5.61. The predicted octanol–water partition coefficient (Wildman–Crippen LogP) is 6.79. The summed E-state index contributed by atoms with van der Waals surface area (Å²) in [5.74, 6) is -0.728. The van der Waals surface area contributed by atoms with Crippen molar-refractivity contribution in [2.75, 3.05) is 6.61 Å². The quantitative estimate of drug-likeness (QED) is 0.393. The van der Waals surface area contributed by atoms with Gasteiger partial charge < -0.3 is 9.72 Å². The second kappa shape index (κ2) is 8.46. The third-order valence-corrected chi connectivity index (χ3v) is 5.67. The molecule has 3 rings (SSSR count). The molecule has 4 nitrogen and oxygen atoms in total. The van der Waals surface area contributed by atoms with Crippen LogP contribution in [0.3, 0.4) is 0 Å². The average Bonchev–Trinajstić information content (AvgIpc) is 3.07. The van der Waals surface area contributed by atoms with E-state index < -0.39 is 17.2 Å². The number of ether oxygens (including phenoxy) is 1. The molecule has 0 saturated carbocycles. The van der Waals surface area contributed by atoms with Gasteiger partial charge in [0.1, 0.15) is 17.3 Å². The number of imidazole rings is 1. The van der Waals surface area contributed by atoms with Crippen LogP contribution in [-0.2, 0) is 10.2 Å². The molecule has 0 amide bonds. The number of nitrogens with zero attached hydrogens (tertiary/aromatic N) is 1. The first-order chi connectivity index (χ1) is 13.7. The van der Waals surface area contributed by atoms with Gasteiger partial charge in [-0.15, -0.1) is 0 Å². The van der Waals surface area contributed by atoms with Crippen molar-refractivity contribution in [2.45, 2.75) is 26.2 Å². The molecule has 1 heterocycles. The van der Waals surface area contributed by atoms with E-state index in [1.54, 1.807) is 37.3 Å². The summed E-state index contributed by atoms with van der Waals surface area (Å²) in [6.07, 6.45) is 0. The van der Waals surface area contributed by atoms with Crippen LogP contribution < -0.4 is 0 Å². The number of carbonyl (C=O) groups is 1. The Hall–Kier alpha value is -1.89. The van der Waals surface area contributed by atoms with E-state index in [-0.39, 0.29) is 23.6 Å². The Bertz CT molecular complexity index is 1060. The molecule has 29 heavy (non-hydrogen) atoms. The summed E-state index contributed by atoms with van der Waals surface area (Å²) in [4.78, 5) is 20.1. The number of benzene rings is 2. The highest BCUT2D eigenvalue weighted by molar-refractivity contribution is 9.10. The van der Waals surface area contributed by atoms with E-state index in [1.807, 2.05) is 13.8 Å². The van der Waals surface area contributed by atoms with E-state index in [2.05, 4.69) is 25.9 Å². The van der Waals surface area contributed by atoms with Crippen LogP contribution in [0.4, 0.5) is 4.39 Å². The Morgan fingerprint density at radius 1 is 1.24 bits per heavy atom. The Labute approximate surface area is 186 Å². The van der Waals surface area contributed by atoms with Gasteiger partial charge in [-0.25, -0.2) is 14.2 Å². The monoisotopic (exact) mass is 498 g/mol. The second-order valence-corrected chi connectivity index (χ2v) is 8.61. The zero-order chi connectivity index (χ0) is 21.3. The van der Waals surface area contributed by atoms with Crippen molar-refractivity contribution >= 4 is 45.1 Å². The van der Waals surface area contributed by atoms with Gasteiger partial charge in [-0.2, -0.15) is 0 Å². The van der Waals surface area contributed by atoms with Gasteiger partial charge >= 0.3 is 5.97 Å². The first kappa shape index (κ1) is 21.8. The lowest BCUT2D eigenvalue weighted by molar-refractivity contribution is 0.0521. The summed E-state index contributed by atoms with van der Waals surface area (Å²) in [5.41, 5.74) is 0.273. The van der Waals surface area contributed by atoms with Crippen LogP contribution in [0.5, 0.6) is 0 Å². The lowest BCUT2D eigenvalue weighted by Crippen LogP contribution is -2.22. The zero-order valence-corrected chi connectivity index (χ0v) is 19.0. The van der Waals surface area contributed by atoms with Crippen LogP contribution in [0.1, 0.15) is 42.6 Å².